The van der Waals surface area contributed by atoms with Crippen LogP contribution in [-0.2, 0) is 31.2 Å². The van der Waals surface area contributed by atoms with Gasteiger partial charge in [-0.2, -0.15) is 0 Å². The predicted octanol–water partition coefficient (Wildman–Crippen LogP) is -8.61. The Labute approximate surface area is 312 Å². The van der Waals surface area contributed by atoms with Gasteiger partial charge in [-0.3, -0.25) is 0 Å². The summed E-state index contributed by atoms with van der Waals surface area (Å²) in [4.78, 5) is 0. The van der Waals surface area contributed by atoms with Crippen LogP contribution in [0.4, 0.5) is 0 Å². The Morgan fingerprint density at radius 2 is 0.875 bits per heavy atom. The molecule has 0 amide bonds. The molecule has 0 saturated heterocycles. The van der Waals surface area contributed by atoms with Crippen molar-refractivity contribution in [3.63, 3.8) is 0 Å². The van der Waals surface area contributed by atoms with E-state index in [1.165, 1.54) is 36.4 Å². The summed E-state index contributed by atoms with van der Waals surface area (Å²) in [5.74, 6) is -1.44. The molecule has 0 aliphatic heterocycles. The smallest absolute Gasteiger partial charge is 0.716 e. The van der Waals surface area contributed by atoms with Crippen LogP contribution in [0.1, 0.15) is 11.1 Å². The minimum absolute atomic E-state index is 0. The Kier molecular flexibility index (Phi) is 17.6. The molecule has 12 nitrogen and oxygen atoms in total. The Bertz CT molecular complexity index is 1190. The summed E-state index contributed by atoms with van der Waals surface area (Å²) in [6, 6.07) is 7.86. The summed E-state index contributed by atoms with van der Waals surface area (Å²) in [7, 11) is -15.3. The fourth-order valence-corrected chi connectivity index (χ4v) is 2.98. The zero-order valence-electron chi connectivity index (χ0n) is 16.8. The molecule has 0 aliphatic carbocycles. The van der Waals surface area contributed by atoms with E-state index < -0.39 is 42.7 Å². The van der Waals surface area contributed by atoms with Gasteiger partial charge < -0.3 is 26.2 Å². The predicted molar refractivity (Wildman–Crippen MR) is 92.8 cm³/mol. The van der Waals surface area contributed by atoms with Gasteiger partial charge in [0.25, 0.3) is 31.2 Å². The quantitative estimate of drug-likeness (QED) is 0.123. The van der Waals surface area contributed by atoms with Gasteiger partial charge in [0.1, 0.15) is 17.2 Å². The van der Waals surface area contributed by atoms with Gasteiger partial charge in [0.05, 0.1) is 0 Å². The standard InChI is InChI=1S/C14H12O12S3.3K/c15-27(16,17)24-12-5-3-10(4-6-12)1-2-11-7-13(25-28(18,19)20)9-14(8-11)26-29(21,22)23;;;/h1-9H,(H,15,16,17)(H,18,19,20)(H,21,22,23);;;/q;3*+1/p-3/b2-1+;;;. The molecule has 2 rings (SSSR count). The monoisotopic (exact) mass is 582 g/mol. The molecule has 0 saturated carbocycles. The van der Waals surface area contributed by atoms with Gasteiger partial charge in [0, 0.05) is 6.07 Å². The number of hydrogen-bond acceptors (Lipinski definition) is 12. The maximum absolute atomic E-state index is 10.7. The molecule has 0 bridgehead atoms. The van der Waals surface area contributed by atoms with E-state index in [1.54, 1.807) is 0 Å². The number of benzene rings is 2. The van der Waals surface area contributed by atoms with E-state index in [0.29, 0.717) is 11.6 Å². The molecule has 2 aromatic rings. The van der Waals surface area contributed by atoms with Crippen LogP contribution in [0.25, 0.3) is 12.2 Å². The second kappa shape index (κ2) is 15.5. The molecule has 0 spiro atoms. The second-order valence-corrected chi connectivity index (χ2v) is 8.06. The summed E-state index contributed by atoms with van der Waals surface area (Å²) in [6.45, 7) is 0. The summed E-state index contributed by atoms with van der Waals surface area (Å²) in [5, 5.41) is 0. The molecule has 0 unspecified atom stereocenters. The summed E-state index contributed by atoms with van der Waals surface area (Å²) in [6.07, 6.45) is 2.70. The van der Waals surface area contributed by atoms with E-state index in [2.05, 4.69) is 12.5 Å². The van der Waals surface area contributed by atoms with Gasteiger partial charge in [0.15, 0.2) is 0 Å². The van der Waals surface area contributed by atoms with E-state index in [1.807, 2.05) is 0 Å². The fourth-order valence-electron chi connectivity index (χ4n) is 1.97. The van der Waals surface area contributed by atoms with E-state index in [-0.39, 0.29) is 165 Å². The average molecular weight is 583 g/mol. The molecule has 0 N–H and O–H groups in total. The molecule has 0 fully saturated rings. The number of rotatable bonds is 8. The molecule has 0 heterocycles. The molecule has 158 valence electrons. The maximum Gasteiger partial charge on any atom is 1.00 e. The summed E-state index contributed by atoms with van der Waals surface area (Å²) in [5.41, 5.74) is 0.523. The molecule has 0 aliphatic rings. The van der Waals surface area contributed by atoms with Crippen molar-refractivity contribution < 1.29 is 206 Å². The van der Waals surface area contributed by atoms with E-state index in [4.69, 9.17) is 0 Å². The molecule has 18 heteroatoms. The van der Waals surface area contributed by atoms with Crippen molar-refractivity contribution in [1.29, 1.82) is 0 Å². The van der Waals surface area contributed by atoms with Crippen molar-refractivity contribution in [2.45, 2.75) is 0 Å². The van der Waals surface area contributed by atoms with E-state index in [0.717, 1.165) is 12.1 Å². The van der Waals surface area contributed by atoms with Crippen LogP contribution in [-0.4, -0.2) is 38.9 Å². The molecular formula is C14H9K3O12S3. The Hall–Kier alpha value is 2.22. The van der Waals surface area contributed by atoms with Crippen LogP contribution < -0.4 is 167 Å². The first kappa shape index (κ1) is 36.4. The van der Waals surface area contributed by atoms with Crippen LogP contribution in [0.3, 0.4) is 0 Å². The molecule has 0 radical (unpaired) electrons. The first-order valence-corrected chi connectivity index (χ1v) is 11.1. The van der Waals surface area contributed by atoms with E-state index >= 15 is 0 Å². The van der Waals surface area contributed by atoms with Gasteiger partial charge in [-0.15, -0.1) is 0 Å². The fraction of sp³-hybridized carbons (Fsp3) is 0. The zero-order chi connectivity index (χ0) is 21.9. The van der Waals surface area contributed by atoms with Gasteiger partial charge in [-0.1, -0.05) is 24.3 Å². The third kappa shape index (κ3) is 16.1. The minimum atomic E-state index is -5.19. The minimum Gasteiger partial charge on any atom is -0.716 e. The van der Waals surface area contributed by atoms with Crippen LogP contribution in [0, 0.1) is 0 Å². The van der Waals surface area contributed by atoms with Gasteiger partial charge in [-0.25, -0.2) is 25.3 Å². The maximum atomic E-state index is 10.7. The third-order valence-electron chi connectivity index (χ3n) is 2.85. The topological polar surface area (TPSA) is 199 Å². The molecule has 32 heavy (non-hydrogen) atoms. The van der Waals surface area contributed by atoms with Crippen molar-refractivity contribution >= 4 is 43.3 Å². The first-order valence-electron chi connectivity index (χ1n) is 7.08. The largest absolute Gasteiger partial charge is 1.00 e. The molecule has 0 aromatic heterocycles. The third-order valence-corrected chi connectivity index (χ3v) is 4.04. The van der Waals surface area contributed by atoms with Gasteiger partial charge in [-0.05, 0) is 35.4 Å². The second-order valence-electron chi connectivity index (χ2n) is 5.11. The Morgan fingerprint density at radius 3 is 1.25 bits per heavy atom. The van der Waals surface area contributed by atoms with Crippen LogP contribution >= 0.6 is 0 Å². The van der Waals surface area contributed by atoms with Crippen molar-refractivity contribution in [2.75, 3.05) is 0 Å². The SMILES string of the molecule is O=S(=O)([O-])Oc1ccc(/C=C/c2cc(OS(=O)(=O)[O-])cc(OS(=O)(=O)[O-])c2)cc1.[K+].[K+].[K+]. The molecule has 2 aromatic carbocycles. The summed E-state index contributed by atoms with van der Waals surface area (Å²) < 4.78 is 108. The molecular weight excluding hydrogens is 574 g/mol. The Balaban J connectivity index is 0. The first-order chi connectivity index (χ1) is 13.2. The van der Waals surface area contributed by atoms with Crippen LogP contribution in [0.5, 0.6) is 17.2 Å². The average Bonchev–Trinajstić information content (AvgIpc) is 2.49. The normalized spacial score (nSPS) is 11.5. The Morgan fingerprint density at radius 1 is 0.531 bits per heavy atom. The summed E-state index contributed by atoms with van der Waals surface area (Å²) >= 11 is 0. The van der Waals surface area contributed by atoms with Gasteiger partial charge >= 0.3 is 154 Å². The van der Waals surface area contributed by atoms with E-state index in [9.17, 15) is 38.9 Å². The van der Waals surface area contributed by atoms with Crippen LogP contribution in [0.15, 0.2) is 42.5 Å². The van der Waals surface area contributed by atoms with Crippen molar-refractivity contribution in [2.24, 2.45) is 0 Å². The van der Waals surface area contributed by atoms with Crippen molar-refractivity contribution in [3.05, 3.63) is 53.6 Å². The molecule has 0 atom stereocenters. The number of hydrogen-bond donors (Lipinski definition) is 0. The van der Waals surface area contributed by atoms with Gasteiger partial charge in [0.2, 0.25) is 0 Å². The zero-order valence-corrected chi connectivity index (χ0v) is 28.6. The van der Waals surface area contributed by atoms with Crippen molar-refractivity contribution in [1.82, 2.24) is 0 Å². The van der Waals surface area contributed by atoms with Crippen LogP contribution in [0.2, 0.25) is 0 Å². The van der Waals surface area contributed by atoms with Crippen molar-refractivity contribution in [3.8, 4) is 17.2 Å².